The SMILES string of the molecule is CC(C)(C)OC(=O)N1CCN(c2ccc(N3C[C@@H](CN=[N+]=[N-])OC3=O)cc2F)CC1. The molecule has 162 valence electrons. The first-order valence-electron chi connectivity index (χ1n) is 9.69. The maximum absolute atomic E-state index is 14.8. The second-order valence-corrected chi connectivity index (χ2v) is 8.12. The van der Waals surface area contributed by atoms with Gasteiger partial charge in [-0.25, -0.2) is 14.0 Å². The van der Waals surface area contributed by atoms with Crippen molar-refractivity contribution in [1.82, 2.24) is 4.90 Å². The number of ether oxygens (including phenoxy) is 2. The minimum atomic E-state index is -0.605. The Balaban J connectivity index is 1.62. The number of hydrogen-bond acceptors (Lipinski definition) is 6. The standard InChI is InChI=1S/C19H25FN6O4/c1-19(2,3)30-17(27)25-8-6-24(7-9-25)16-5-4-13(10-15(16)20)26-12-14(11-22-23-21)29-18(26)28/h4-5,10,14H,6-9,11-12H2,1-3H3/t14-/m1/s1. The summed E-state index contributed by atoms with van der Waals surface area (Å²) in [5.41, 5.74) is 8.60. The number of piperazine rings is 1. The van der Waals surface area contributed by atoms with Crippen molar-refractivity contribution in [3.63, 3.8) is 0 Å². The molecule has 1 atom stereocenters. The first kappa shape index (κ1) is 21.5. The number of amides is 2. The van der Waals surface area contributed by atoms with Gasteiger partial charge in [0, 0.05) is 31.1 Å². The predicted octanol–water partition coefficient (Wildman–Crippen LogP) is 3.52. The minimum absolute atomic E-state index is 0.0290. The van der Waals surface area contributed by atoms with Gasteiger partial charge < -0.3 is 19.3 Å². The predicted molar refractivity (Wildman–Crippen MR) is 108 cm³/mol. The second kappa shape index (κ2) is 8.66. The van der Waals surface area contributed by atoms with Crippen LogP contribution < -0.4 is 9.80 Å². The molecule has 0 N–H and O–H groups in total. The van der Waals surface area contributed by atoms with Crippen molar-refractivity contribution >= 4 is 23.6 Å². The maximum atomic E-state index is 14.8. The monoisotopic (exact) mass is 420 g/mol. The summed E-state index contributed by atoms with van der Waals surface area (Å²) in [5, 5.41) is 3.41. The summed E-state index contributed by atoms with van der Waals surface area (Å²) >= 11 is 0. The maximum Gasteiger partial charge on any atom is 0.414 e. The van der Waals surface area contributed by atoms with Gasteiger partial charge in [-0.1, -0.05) is 5.11 Å². The first-order chi connectivity index (χ1) is 14.2. The summed E-state index contributed by atoms with van der Waals surface area (Å²) in [6.45, 7) is 7.44. The zero-order valence-electron chi connectivity index (χ0n) is 17.2. The summed E-state index contributed by atoms with van der Waals surface area (Å²) in [5.74, 6) is -0.468. The van der Waals surface area contributed by atoms with E-state index in [0.29, 0.717) is 37.6 Å². The lowest BCUT2D eigenvalue weighted by Gasteiger charge is -2.37. The fourth-order valence-electron chi connectivity index (χ4n) is 3.33. The molecule has 0 aromatic heterocycles. The number of azide groups is 1. The van der Waals surface area contributed by atoms with Crippen LogP contribution in [-0.4, -0.2) is 68.1 Å². The van der Waals surface area contributed by atoms with Gasteiger partial charge in [-0.15, -0.1) is 0 Å². The van der Waals surface area contributed by atoms with Crippen LogP contribution in [0.5, 0.6) is 0 Å². The van der Waals surface area contributed by atoms with Crippen molar-refractivity contribution in [2.75, 3.05) is 49.1 Å². The average molecular weight is 420 g/mol. The van der Waals surface area contributed by atoms with Gasteiger partial charge in [0.05, 0.1) is 24.5 Å². The smallest absolute Gasteiger partial charge is 0.414 e. The van der Waals surface area contributed by atoms with Gasteiger partial charge >= 0.3 is 12.2 Å². The lowest BCUT2D eigenvalue weighted by atomic mass is 10.2. The number of rotatable bonds is 4. The van der Waals surface area contributed by atoms with Crippen molar-refractivity contribution in [1.29, 1.82) is 0 Å². The number of benzene rings is 1. The molecular formula is C19H25FN6O4. The molecule has 11 heteroatoms. The molecular weight excluding hydrogens is 395 g/mol. The Morgan fingerprint density at radius 3 is 2.63 bits per heavy atom. The van der Waals surface area contributed by atoms with Gasteiger partial charge in [0.2, 0.25) is 0 Å². The molecule has 0 unspecified atom stereocenters. The molecule has 0 aliphatic carbocycles. The highest BCUT2D eigenvalue weighted by Crippen LogP contribution is 2.28. The van der Waals surface area contributed by atoms with Crippen LogP contribution in [0.1, 0.15) is 20.8 Å². The van der Waals surface area contributed by atoms with Crippen LogP contribution in [0.25, 0.3) is 10.4 Å². The van der Waals surface area contributed by atoms with Crippen molar-refractivity contribution < 1.29 is 23.5 Å². The molecule has 0 radical (unpaired) electrons. The van der Waals surface area contributed by atoms with E-state index in [4.69, 9.17) is 15.0 Å². The highest BCUT2D eigenvalue weighted by atomic mass is 19.1. The van der Waals surface area contributed by atoms with Gasteiger partial charge in [0.15, 0.2) is 0 Å². The second-order valence-electron chi connectivity index (χ2n) is 8.12. The van der Waals surface area contributed by atoms with Crippen molar-refractivity contribution in [2.45, 2.75) is 32.5 Å². The van der Waals surface area contributed by atoms with Crippen LogP contribution in [0, 0.1) is 5.82 Å². The normalized spacial score (nSPS) is 19.4. The van der Waals surface area contributed by atoms with Crippen LogP contribution in [0.2, 0.25) is 0 Å². The number of hydrogen-bond donors (Lipinski definition) is 0. The topological polar surface area (TPSA) is 111 Å². The van der Waals surface area contributed by atoms with E-state index >= 15 is 0 Å². The molecule has 2 saturated heterocycles. The summed E-state index contributed by atoms with van der Waals surface area (Å²) in [7, 11) is 0. The molecule has 2 aliphatic rings. The van der Waals surface area contributed by atoms with E-state index in [1.165, 1.54) is 11.0 Å². The fraction of sp³-hybridized carbons (Fsp3) is 0.579. The third-order valence-corrected chi connectivity index (χ3v) is 4.74. The number of halogens is 1. The molecule has 10 nitrogen and oxygen atoms in total. The number of nitrogens with zero attached hydrogens (tertiary/aromatic N) is 6. The van der Waals surface area contributed by atoms with E-state index in [2.05, 4.69) is 10.0 Å². The van der Waals surface area contributed by atoms with Crippen LogP contribution in [0.3, 0.4) is 0 Å². The highest BCUT2D eigenvalue weighted by Gasteiger charge is 2.33. The van der Waals surface area contributed by atoms with E-state index in [0.717, 1.165) is 0 Å². The van der Waals surface area contributed by atoms with Crippen LogP contribution in [0.15, 0.2) is 23.3 Å². The van der Waals surface area contributed by atoms with Gasteiger partial charge in [0.25, 0.3) is 0 Å². The lowest BCUT2D eigenvalue weighted by molar-refractivity contribution is 0.0240. The first-order valence-corrected chi connectivity index (χ1v) is 9.69. The molecule has 0 saturated carbocycles. The van der Waals surface area contributed by atoms with Gasteiger partial charge in [0.1, 0.15) is 17.5 Å². The summed E-state index contributed by atoms with van der Waals surface area (Å²) in [4.78, 5) is 31.6. The Labute approximate surface area is 173 Å². The number of anilines is 2. The minimum Gasteiger partial charge on any atom is -0.444 e. The van der Waals surface area contributed by atoms with Crippen LogP contribution in [-0.2, 0) is 9.47 Å². The summed E-state index contributed by atoms with van der Waals surface area (Å²) < 4.78 is 25.3. The van der Waals surface area contributed by atoms with E-state index < -0.39 is 23.6 Å². The largest absolute Gasteiger partial charge is 0.444 e. The van der Waals surface area contributed by atoms with E-state index in [9.17, 15) is 14.0 Å². The molecule has 0 bridgehead atoms. The third-order valence-electron chi connectivity index (χ3n) is 4.74. The van der Waals surface area contributed by atoms with E-state index in [-0.39, 0.29) is 19.2 Å². The molecule has 2 heterocycles. The number of carbonyl (C=O) groups is 2. The Hall–Kier alpha value is -3.20. The highest BCUT2D eigenvalue weighted by molar-refractivity contribution is 5.90. The van der Waals surface area contributed by atoms with Gasteiger partial charge in [-0.2, -0.15) is 0 Å². The van der Waals surface area contributed by atoms with E-state index in [1.807, 2.05) is 25.7 Å². The van der Waals surface area contributed by atoms with Crippen LogP contribution >= 0.6 is 0 Å². The molecule has 1 aromatic carbocycles. The third kappa shape index (κ3) is 5.04. The van der Waals surface area contributed by atoms with E-state index in [1.54, 1.807) is 17.0 Å². The Kier molecular flexibility index (Phi) is 6.21. The molecule has 2 aliphatic heterocycles. The molecule has 1 aromatic rings. The van der Waals surface area contributed by atoms with Gasteiger partial charge in [-0.05, 0) is 44.5 Å². The fourth-order valence-corrected chi connectivity index (χ4v) is 3.33. The number of cyclic esters (lactones) is 1. The zero-order valence-corrected chi connectivity index (χ0v) is 17.2. The molecule has 30 heavy (non-hydrogen) atoms. The molecule has 2 fully saturated rings. The average Bonchev–Trinajstić information content (AvgIpc) is 3.05. The lowest BCUT2D eigenvalue weighted by Crippen LogP contribution is -2.50. The molecule has 3 rings (SSSR count). The summed E-state index contributed by atoms with van der Waals surface area (Å²) in [6.07, 6.45) is -1.54. The van der Waals surface area contributed by atoms with Gasteiger partial charge in [-0.3, -0.25) is 4.90 Å². The quantitative estimate of drug-likeness (QED) is 0.420. The Morgan fingerprint density at radius 1 is 1.33 bits per heavy atom. The van der Waals surface area contributed by atoms with Crippen molar-refractivity contribution in [3.05, 3.63) is 34.5 Å². The number of carbonyl (C=O) groups excluding carboxylic acids is 2. The van der Waals surface area contributed by atoms with Crippen molar-refractivity contribution in [2.24, 2.45) is 5.11 Å². The zero-order chi connectivity index (χ0) is 21.9. The Morgan fingerprint density at radius 2 is 2.03 bits per heavy atom. The van der Waals surface area contributed by atoms with Crippen molar-refractivity contribution in [3.8, 4) is 0 Å². The van der Waals surface area contributed by atoms with Crippen LogP contribution in [0.4, 0.5) is 25.4 Å². The summed E-state index contributed by atoms with van der Waals surface area (Å²) in [6, 6.07) is 4.55. The molecule has 0 spiro atoms. The molecule has 2 amide bonds. The Bertz CT molecular complexity index is 859.